The third-order valence-corrected chi connectivity index (χ3v) is 5.97. The quantitative estimate of drug-likeness (QED) is 0.238. The normalized spacial score (nSPS) is 15.9. The van der Waals surface area contributed by atoms with Gasteiger partial charge in [-0.25, -0.2) is 0 Å². The molecule has 2 heterocycles. The van der Waals surface area contributed by atoms with Crippen molar-refractivity contribution >= 4 is 17.7 Å². The van der Waals surface area contributed by atoms with E-state index in [4.69, 9.17) is 4.74 Å². The predicted molar refractivity (Wildman–Crippen MR) is 130 cm³/mol. The number of hydrogen-bond acceptors (Lipinski definition) is 5. The molecule has 7 nitrogen and oxygen atoms in total. The Morgan fingerprint density at radius 1 is 1.12 bits per heavy atom. The van der Waals surface area contributed by atoms with Gasteiger partial charge in [0.05, 0.1) is 25.4 Å². The summed E-state index contributed by atoms with van der Waals surface area (Å²) in [4.78, 5) is 38.0. The van der Waals surface area contributed by atoms with Crippen LogP contribution < -0.4 is 0 Å². The molecule has 1 atom stereocenters. The van der Waals surface area contributed by atoms with Crippen molar-refractivity contribution in [3.63, 3.8) is 0 Å². The summed E-state index contributed by atoms with van der Waals surface area (Å²) in [6, 6.07) is 10.1. The van der Waals surface area contributed by atoms with Gasteiger partial charge in [-0.05, 0) is 43.4 Å². The minimum atomic E-state index is -0.143. The summed E-state index contributed by atoms with van der Waals surface area (Å²) >= 11 is 0. The number of allylic oxidation sites excluding steroid dienone is 1. The van der Waals surface area contributed by atoms with Crippen molar-refractivity contribution in [3.8, 4) is 0 Å². The van der Waals surface area contributed by atoms with Gasteiger partial charge in [0.15, 0.2) is 5.78 Å². The smallest absolute Gasteiger partial charge is 0.305 e. The highest BCUT2D eigenvalue weighted by Gasteiger charge is 2.28. The van der Waals surface area contributed by atoms with E-state index in [1.165, 1.54) is 0 Å². The van der Waals surface area contributed by atoms with Gasteiger partial charge in [-0.1, -0.05) is 49.2 Å². The fraction of sp³-hybridized carbons (Fsp3) is 0.481. The largest absolute Gasteiger partial charge is 0.466 e. The maximum Gasteiger partial charge on any atom is 0.305 e. The van der Waals surface area contributed by atoms with Crippen molar-refractivity contribution in [3.05, 3.63) is 66.0 Å². The number of ether oxygens (including phenoxy) is 1. The summed E-state index contributed by atoms with van der Waals surface area (Å²) in [7, 11) is 0. The van der Waals surface area contributed by atoms with Gasteiger partial charge in [-0.15, -0.1) is 0 Å². The van der Waals surface area contributed by atoms with Crippen molar-refractivity contribution in [1.82, 2.24) is 14.7 Å². The lowest BCUT2D eigenvalue weighted by Crippen LogP contribution is -2.32. The van der Waals surface area contributed by atoms with Gasteiger partial charge in [0.25, 0.3) is 0 Å². The lowest BCUT2D eigenvalue weighted by Gasteiger charge is -2.22. The Kier molecular flexibility index (Phi) is 10.1. The number of nitrogens with zero attached hydrogens (tertiary/aromatic N) is 3. The third-order valence-electron chi connectivity index (χ3n) is 5.97. The number of esters is 1. The van der Waals surface area contributed by atoms with Gasteiger partial charge in [0, 0.05) is 32.0 Å². The summed E-state index contributed by atoms with van der Waals surface area (Å²) in [5, 5.41) is 4.36. The summed E-state index contributed by atoms with van der Waals surface area (Å²) in [6.45, 7) is 3.59. The highest BCUT2D eigenvalue weighted by atomic mass is 16.5. The number of amides is 1. The molecule has 0 saturated carbocycles. The van der Waals surface area contributed by atoms with Crippen LogP contribution in [0.5, 0.6) is 0 Å². The highest BCUT2D eigenvalue weighted by molar-refractivity contribution is 5.91. The lowest BCUT2D eigenvalue weighted by atomic mass is 10.1. The zero-order valence-electron chi connectivity index (χ0n) is 20.0. The Morgan fingerprint density at radius 2 is 1.91 bits per heavy atom. The van der Waals surface area contributed by atoms with Crippen molar-refractivity contribution in [2.45, 2.75) is 70.9 Å². The molecule has 7 heteroatoms. The summed E-state index contributed by atoms with van der Waals surface area (Å²) in [6.07, 6.45) is 12.8. The predicted octanol–water partition coefficient (Wildman–Crippen LogP) is 4.10. The van der Waals surface area contributed by atoms with Crippen LogP contribution in [0.3, 0.4) is 0 Å². The lowest BCUT2D eigenvalue weighted by molar-refractivity contribution is -0.143. The minimum Gasteiger partial charge on any atom is -0.466 e. The van der Waals surface area contributed by atoms with Gasteiger partial charge in [-0.3, -0.25) is 19.1 Å². The highest BCUT2D eigenvalue weighted by Crippen LogP contribution is 2.21. The van der Waals surface area contributed by atoms with Crippen molar-refractivity contribution in [2.75, 3.05) is 13.2 Å². The van der Waals surface area contributed by atoms with Crippen LogP contribution in [-0.4, -0.2) is 51.5 Å². The second-order valence-corrected chi connectivity index (χ2v) is 8.70. The van der Waals surface area contributed by atoms with E-state index in [-0.39, 0.29) is 23.7 Å². The number of likely N-dealkylation sites (tertiary alicyclic amines) is 1. The number of unbranched alkanes of at least 4 members (excludes halogenated alkanes) is 3. The molecule has 1 amide bonds. The molecule has 1 saturated heterocycles. The molecule has 34 heavy (non-hydrogen) atoms. The maximum absolute atomic E-state index is 12.5. The fourth-order valence-electron chi connectivity index (χ4n) is 4.22. The van der Waals surface area contributed by atoms with Crippen LogP contribution in [0.1, 0.15) is 63.0 Å². The summed E-state index contributed by atoms with van der Waals surface area (Å²) < 4.78 is 6.77. The standard InChI is InChI=1S/C27H35N3O4/c1-2-34-27(33)12-8-3-4-9-17-30-24(14-16-26(30)32)13-15-25(31)18-23-19-28-29(21-23)20-22-10-6-5-7-11-22/h5-7,10-11,13,15,19,21,24H,2-4,8-9,12,14,16-18,20H2,1H3. The zero-order chi connectivity index (χ0) is 24.2. The van der Waals surface area contributed by atoms with Crippen molar-refractivity contribution in [2.24, 2.45) is 0 Å². The number of aromatic nitrogens is 2. The number of carbonyl (C=O) groups excluding carboxylic acids is 3. The Balaban J connectivity index is 1.40. The first-order valence-corrected chi connectivity index (χ1v) is 12.3. The molecule has 0 radical (unpaired) electrons. The number of ketones is 1. The van der Waals surface area contributed by atoms with Crippen molar-refractivity contribution < 1.29 is 19.1 Å². The Bertz CT molecular complexity index is 967. The second kappa shape index (κ2) is 13.5. The maximum atomic E-state index is 12.5. The Morgan fingerprint density at radius 3 is 2.71 bits per heavy atom. The van der Waals surface area contributed by atoms with E-state index in [0.717, 1.165) is 43.2 Å². The van der Waals surface area contributed by atoms with Crippen LogP contribution in [-0.2, 0) is 32.1 Å². The first-order chi connectivity index (χ1) is 16.5. The molecule has 0 N–H and O–H groups in total. The summed E-state index contributed by atoms with van der Waals surface area (Å²) in [5.41, 5.74) is 2.04. The number of benzene rings is 1. The Hall–Kier alpha value is -3.22. The van der Waals surface area contributed by atoms with Crippen LogP contribution in [0.4, 0.5) is 0 Å². The topological polar surface area (TPSA) is 81.5 Å². The van der Waals surface area contributed by atoms with Gasteiger partial charge in [0.2, 0.25) is 5.91 Å². The molecule has 3 rings (SSSR count). The summed E-state index contributed by atoms with van der Waals surface area (Å²) in [5.74, 6) is 0.0176. The molecule has 1 aliphatic rings. The van der Waals surface area contributed by atoms with Gasteiger partial charge >= 0.3 is 5.97 Å². The van der Waals surface area contributed by atoms with Crippen LogP contribution in [0.2, 0.25) is 0 Å². The number of rotatable bonds is 14. The molecule has 1 unspecified atom stereocenters. The van der Waals surface area contributed by atoms with Gasteiger partial charge in [-0.2, -0.15) is 5.10 Å². The fourth-order valence-corrected chi connectivity index (χ4v) is 4.22. The van der Waals surface area contributed by atoms with E-state index in [9.17, 15) is 14.4 Å². The molecule has 0 spiro atoms. The van der Waals surface area contributed by atoms with Crippen LogP contribution in [0.25, 0.3) is 0 Å². The first kappa shape index (κ1) is 25.4. The SMILES string of the molecule is CCOC(=O)CCCCCCN1C(=O)CCC1C=CC(=O)Cc1cnn(Cc2ccccc2)c1. The minimum absolute atomic E-state index is 0.0116. The van der Waals surface area contributed by atoms with E-state index < -0.39 is 0 Å². The van der Waals surface area contributed by atoms with E-state index >= 15 is 0 Å². The monoisotopic (exact) mass is 465 g/mol. The molecule has 2 aromatic rings. The molecular formula is C27H35N3O4. The third kappa shape index (κ3) is 8.28. The van der Waals surface area contributed by atoms with E-state index in [1.54, 1.807) is 12.3 Å². The van der Waals surface area contributed by atoms with Crippen LogP contribution in [0, 0.1) is 0 Å². The van der Waals surface area contributed by atoms with E-state index in [0.29, 0.717) is 39.0 Å². The Labute approximate surface area is 201 Å². The van der Waals surface area contributed by atoms with E-state index in [2.05, 4.69) is 5.10 Å². The molecule has 1 aliphatic heterocycles. The number of carbonyl (C=O) groups is 3. The molecular weight excluding hydrogens is 430 g/mol. The molecule has 1 fully saturated rings. The second-order valence-electron chi connectivity index (χ2n) is 8.70. The molecule has 1 aromatic carbocycles. The molecule has 1 aromatic heterocycles. The zero-order valence-corrected chi connectivity index (χ0v) is 20.0. The molecule has 182 valence electrons. The molecule has 0 bridgehead atoms. The molecule has 0 aliphatic carbocycles. The van der Waals surface area contributed by atoms with Gasteiger partial charge in [0.1, 0.15) is 0 Å². The van der Waals surface area contributed by atoms with Crippen LogP contribution >= 0.6 is 0 Å². The van der Waals surface area contributed by atoms with Crippen LogP contribution in [0.15, 0.2) is 54.9 Å². The number of hydrogen-bond donors (Lipinski definition) is 0. The average Bonchev–Trinajstić information content (AvgIpc) is 3.41. The van der Waals surface area contributed by atoms with Crippen molar-refractivity contribution in [1.29, 1.82) is 0 Å². The first-order valence-electron chi connectivity index (χ1n) is 12.3. The van der Waals surface area contributed by atoms with E-state index in [1.807, 2.05) is 59.1 Å². The van der Waals surface area contributed by atoms with Gasteiger partial charge < -0.3 is 9.64 Å². The average molecular weight is 466 g/mol.